The molecule has 1 N–H and O–H groups in total. The van der Waals surface area contributed by atoms with E-state index in [-0.39, 0.29) is 23.6 Å². The van der Waals surface area contributed by atoms with Crippen LogP contribution in [-0.2, 0) is 11.2 Å². The molecule has 0 saturated heterocycles. The first-order chi connectivity index (χ1) is 7.99. The van der Waals surface area contributed by atoms with Crippen molar-refractivity contribution in [3.63, 3.8) is 0 Å². The standard InChI is InChI=1S/C12H14N2O3/c1-7-5-9-6-10(14(16)17)3-4-11(9)12(7)13-8(2)15/h3-4,6-7,12H,5H2,1-2H3,(H,13,15). The second-order valence-electron chi connectivity index (χ2n) is 4.50. The predicted octanol–water partition coefficient (Wildman–Crippen LogP) is 1.96. The minimum absolute atomic E-state index is 0.0247. The van der Waals surface area contributed by atoms with Crippen molar-refractivity contribution >= 4 is 11.6 Å². The van der Waals surface area contributed by atoms with Crippen LogP contribution in [0.4, 0.5) is 5.69 Å². The van der Waals surface area contributed by atoms with Crippen LogP contribution in [0.15, 0.2) is 18.2 Å². The molecule has 5 nitrogen and oxygen atoms in total. The number of benzene rings is 1. The van der Waals surface area contributed by atoms with Crippen molar-refractivity contribution in [3.05, 3.63) is 39.4 Å². The van der Waals surface area contributed by atoms with E-state index in [9.17, 15) is 14.9 Å². The number of carbonyl (C=O) groups excluding carboxylic acids is 1. The zero-order valence-corrected chi connectivity index (χ0v) is 9.77. The highest BCUT2D eigenvalue weighted by atomic mass is 16.6. The molecule has 1 aliphatic carbocycles. The minimum atomic E-state index is -0.392. The average molecular weight is 234 g/mol. The number of nitro groups is 1. The summed E-state index contributed by atoms with van der Waals surface area (Å²) in [5, 5.41) is 13.6. The maximum absolute atomic E-state index is 11.1. The van der Waals surface area contributed by atoms with E-state index in [0.29, 0.717) is 0 Å². The fourth-order valence-corrected chi connectivity index (χ4v) is 2.40. The molecule has 1 aromatic carbocycles. The van der Waals surface area contributed by atoms with Gasteiger partial charge in [0.1, 0.15) is 0 Å². The summed E-state index contributed by atoms with van der Waals surface area (Å²) in [6, 6.07) is 4.82. The van der Waals surface area contributed by atoms with Crippen molar-refractivity contribution in [1.82, 2.24) is 5.32 Å². The number of fused-ring (bicyclic) bond motifs is 1. The van der Waals surface area contributed by atoms with E-state index in [0.717, 1.165) is 17.5 Å². The van der Waals surface area contributed by atoms with Gasteiger partial charge in [0.2, 0.25) is 5.91 Å². The van der Waals surface area contributed by atoms with E-state index in [4.69, 9.17) is 0 Å². The van der Waals surface area contributed by atoms with Gasteiger partial charge in [0.25, 0.3) is 5.69 Å². The Morgan fingerprint density at radius 2 is 2.24 bits per heavy atom. The molecule has 0 aliphatic heterocycles. The third-order valence-corrected chi connectivity index (χ3v) is 3.14. The fourth-order valence-electron chi connectivity index (χ4n) is 2.40. The summed E-state index contributed by atoms with van der Waals surface area (Å²) in [4.78, 5) is 21.4. The van der Waals surface area contributed by atoms with E-state index in [1.807, 2.05) is 6.92 Å². The van der Waals surface area contributed by atoms with Gasteiger partial charge in [0.05, 0.1) is 11.0 Å². The number of hydrogen-bond donors (Lipinski definition) is 1. The monoisotopic (exact) mass is 234 g/mol. The Bertz CT molecular complexity index is 485. The summed E-state index contributed by atoms with van der Waals surface area (Å²) in [5.41, 5.74) is 2.07. The Hall–Kier alpha value is -1.91. The first kappa shape index (κ1) is 11.6. The van der Waals surface area contributed by atoms with Gasteiger partial charge in [-0.25, -0.2) is 0 Å². The Labute approximate surface area is 99.0 Å². The third kappa shape index (κ3) is 2.13. The smallest absolute Gasteiger partial charge is 0.269 e. The molecule has 2 rings (SSSR count). The molecule has 0 heterocycles. The number of non-ortho nitro benzene ring substituents is 1. The van der Waals surface area contributed by atoms with Crippen LogP contribution >= 0.6 is 0 Å². The normalized spacial score (nSPS) is 22.0. The third-order valence-electron chi connectivity index (χ3n) is 3.14. The van der Waals surface area contributed by atoms with Crippen molar-refractivity contribution in [2.45, 2.75) is 26.3 Å². The van der Waals surface area contributed by atoms with Crippen molar-refractivity contribution in [2.24, 2.45) is 5.92 Å². The van der Waals surface area contributed by atoms with Gasteiger partial charge < -0.3 is 5.32 Å². The molecule has 1 aliphatic rings. The second-order valence-corrected chi connectivity index (χ2v) is 4.50. The van der Waals surface area contributed by atoms with Gasteiger partial charge >= 0.3 is 0 Å². The molecule has 2 atom stereocenters. The first-order valence-corrected chi connectivity index (χ1v) is 5.53. The van der Waals surface area contributed by atoms with Gasteiger partial charge in [-0.05, 0) is 29.5 Å². The zero-order chi connectivity index (χ0) is 12.6. The predicted molar refractivity (Wildman–Crippen MR) is 62.5 cm³/mol. The molecule has 5 heteroatoms. The number of nitrogens with zero attached hydrogens (tertiary/aromatic N) is 1. The van der Waals surface area contributed by atoms with Crippen molar-refractivity contribution in [3.8, 4) is 0 Å². The molecule has 0 aromatic heterocycles. The van der Waals surface area contributed by atoms with Gasteiger partial charge in [0.15, 0.2) is 0 Å². The highest BCUT2D eigenvalue weighted by molar-refractivity contribution is 5.73. The Kier molecular flexibility index (Phi) is 2.83. The van der Waals surface area contributed by atoms with Gasteiger partial charge in [-0.3, -0.25) is 14.9 Å². The average Bonchev–Trinajstić information content (AvgIpc) is 2.54. The SMILES string of the molecule is CC(=O)NC1c2ccc([N+](=O)[O-])cc2CC1C. The lowest BCUT2D eigenvalue weighted by molar-refractivity contribution is -0.384. The van der Waals surface area contributed by atoms with E-state index >= 15 is 0 Å². The topological polar surface area (TPSA) is 72.2 Å². The van der Waals surface area contributed by atoms with E-state index in [2.05, 4.69) is 5.32 Å². The van der Waals surface area contributed by atoms with Crippen LogP contribution in [0.25, 0.3) is 0 Å². The highest BCUT2D eigenvalue weighted by Crippen LogP contribution is 2.37. The first-order valence-electron chi connectivity index (χ1n) is 5.53. The Morgan fingerprint density at radius 1 is 1.53 bits per heavy atom. The van der Waals surface area contributed by atoms with Gasteiger partial charge in [-0.1, -0.05) is 6.92 Å². The summed E-state index contributed by atoms with van der Waals surface area (Å²) in [5.74, 6) is 0.198. The van der Waals surface area contributed by atoms with Gasteiger partial charge in [-0.15, -0.1) is 0 Å². The lowest BCUT2D eigenvalue weighted by Gasteiger charge is -2.17. The molecule has 1 amide bonds. The molecule has 2 unspecified atom stereocenters. The molecule has 0 saturated carbocycles. The molecular weight excluding hydrogens is 220 g/mol. The van der Waals surface area contributed by atoms with Crippen molar-refractivity contribution < 1.29 is 9.72 Å². The van der Waals surface area contributed by atoms with Crippen LogP contribution in [-0.4, -0.2) is 10.8 Å². The van der Waals surface area contributed by atoms with E-state index in [1.165, 1.54) is 13.0 Å². The molecule has 0 spiro atoms. The minimum Gasteiger partial charge on any atom is -0.349 e. The summed E-state index contributed by atoms with van der Waals surface area (Å²) in [7, 11) is 0. The number of rotatable bonds is 2. The fraction of sp³-hybridized carbons (Fsp3) is 0.417. The van der Waals surface area contributed by atoms with Crippen molar-refractivity contribution in [2.75, 3.05) is 0 Å². The lowest BCUT2D eigenvalue weighted by atomic mass is 10.0. The molecule has 17 heavy (non-hydrogen) atoms. The molecule has 0 fully saturated rings. The van der Waals surface area contributed by atoms with Crippen LogP contribution in [0.5, 0.6) is 0 Å². The quantitative estimate of drug-likeness (QED) is 0.628. The molecule has 90 valence electrons. The molecule has 0 bridgehead atoms. The Morgan fingerprint density at radius 3 is 2.82 bits per heavy atom. The number of carbonyl (C=O) groups is 1. The second kappa shape index (κ2) is 4.16. The maximum Gasteiger partial charge on any atom is 0.269 e. The maximum atomic E-state index is 11.1. The summed E-state index contributed by atoms with van der Waals surface area (Å²) in [6.07, 6.45) is 0.766. The highest BCUT2D eigenvalue weighted by Gasteiger charge is 2.31. The van der Waals surface area contributed by atoms with Gasteiger partial charge in [-0.2, -0.15) is 0 Å². The summed E-state index contributed by atoms with van der Waals surface area (Å²) in [6.45, 7) is 3.52. The number of nitrogens with one attached hydrogen (secondary N) is 1. The van der Waals surface area contributed by atoms with Crippen molar-refractivity contribution in [1.29, 1.82) is 0 Å². The van der Waals surface area contributed by atoms with Crippen LogP contribution in [0.1, 0.15) is 31.0 Å². The van der Waals surface area contributed by atoms with E-state index < -0.39 is 4.92 Å². The lowest BCUT2D eigenvalue weighted by Crippen LogP contribution is -2.28. The van der Waals surface area contributed by atoms with Crippen LogP contribution in [0, 0.1) is 16.0 Å². The summed E-state index contributed by atoms with van der Waals surface area (Å²) < 4.78 is 0. The van der Waals surface area contributed by atoms with Crippen LogP contribution in [0.3, 0.4) is 0 Å². The number of hydrogen-bond acceptors (Lipinski definition) is 3. The zero-order valence-electron chi connectivity index (χ0n) is 9.77. The molecular formula is C12H14N2O3. The molecule has 1 aromatic rings. The number of nitro benzene ring substituents is 1. The van der Waals surface area contributed by atoms with E-state index in [1.54, 1.807) is 12.1 Å². The largest absolute Gasteiger partial charge is 0.349 e. The number of amides is 1. The Balaban J connectivity index is 2.35. The molecule has 0 radical (unpaired) electrons. The van der Waals surface area contributed by atoms with Gasteiger partial charge in [0, 0.05) is 19.1 Å². The summed E-state index contributed by atoms with van der Waals surface area (Å²) >= 11 is 0. The van der Waals surface area contributed by atoms with Crippen LogP contribution in [0.2, 0.25) is 0 Å². The van der Waals surface area contributed by atoms with Crippen LogP contribution < -0.4 is 5.32 Å².